The molecule has 0 aliphatic heterocycles. The van der Waals surface area contributed by atoms with E-state index in [-0.39, 0.29) is 12.6 Å². The van der Waals surface area contributed by atoms with E-state index in [1.807, 2.05) is 6.20 Å². The van der Waals surface area contributed by atoms with E-state index in [4.69, 9.17) is 5.11 Å². The molecule has 2 rings (SSSR count). The van der Waals surface area contributed by atoms with Gasteiger partial charge in [-0.1, -0.05) is 19.1 Å². The summed E-state index contributed by atoms with van der Waals surface area (Å²) >= 11 is 0. The van der Waals surface area contributed by atoms with E-state index >= 15 is 0 Å². The lowest BCUT2D eigenvalue weighted by Crippen LogP contribution is -2.31. The van der Waals surface area contributed by atoms with Crippen LogP contribution in [0.5, 0.6) is 0 Å². The van der Waals surface area contributed by atoms with Crippen molar-refractivity contribution < 1.29 is 5.11 Å². The Hall–Kier alpha value is -1.32. The lowest BCUT2D eigenvalue weighted by atomic mass is 10.1. The minimum absolute atomic E-state index is 0.189. The van der Waals surface area contributed by atoms with Crippen LogP contribution < -0.4 is 5.32 Å². The van der Waals surface area contributed by atoms with Crippen molar-refractivity contribution in [1.82, 2.24) is 10.3 Å². The van der Waals surface area contributed by atoms with Crippen LogP contribution in [0.4, 0.5) is 0 Å². The largest absolute Gasteiger partial charge is 0.395 e. The molecule has 3 nitrogen and oxygen atoms in total. The average molecular weight is 218 g/mol. The highest BCUT2D eigenvalue weighted by Crippen LogP contribution is 2.17. The van der Waals surface area contributed by atoms with Crippen LogP contribution >= 0.6 is 0 Å². The summed E-state index contributed by atoms with van der Waals surface area (Å²) in [6.45, 7) is 3.07. The highest BCUT2D eigenvalue weighted by Gasteiger charge is 2.05. The molecule has 2 aromatic rings. The van der Waals surface area contributed by atoms with Gasteiger partial charge in [-0.25, -0.2) is 0 Å². The summed E-state index contributed by atoms with van der Waals surface area (Å²) in [7, 11) is 0. The van der Waals surface area contributed by atoms with Gasteiger partial charge in [-0.3, -0.25) is 0 Å². The van der Waals surface area contributed by atoms with Gasteiger partial charge in [0, 0.05) is 29.7 Å². The summed E-state index contributed by atoms with van der Waals surface area (Å²) < 4.78 is 0. The Kier molecular flexibility index (Phi) is 3.59. The molecule has 16 heavy (non-hydrogen) atoms. The van der Waals surface area contributed by atoms with Gasteiger partial charge < -0.3 is 15.4 Å². The minimum atomic E-state index is 0.189. The standard InChI is InChI=1S/C13H18N2O/c1-2-11(9-16)15-8-10-4-3-5-13-12(10)6-7-14-13/h3-7,11,14-16H,2,8-9H2,1H3/t11-/m0/s1. The molecule has 86 valence electrons. The first-order valence-electron chi connectivity index (χ1n) is 5.74. The van der Waals surface area contributed by atoms with Crippen LogP contribution in [-0.4, -0.2) is 22.7 Å². The van der Waals surface area contributed by atoms with Crippen molar-refractivity contribution in [3.8, 4) is 0 Å². The van der Waals surface area contributed by atoms with Gasteiger partial charge in [0.05, 0.1) is 6.61 Å². The van der Waals surface area contributed by atoms with Gasteiger partial charge in [-0.15, -0.1) is 0 Å². The molecule has 3 N–H and O–H groups in total. The zero-order valence-electron chi connectivity index (χ0n) is 9.53. The van der Waals surface area contributed by atoms with Crippen molar-refractivity contribution >= 4 is 10.9 Å². The molecule has 0 unspecified atom stereocenters. The maximum absolute atomic E-state index is 9.11. The fourth-order valence-corrected chi connectivity index (χ4v) is 1.90. The summed E-state index contributed by atoms with van der Waals surface area (Å²) in [5.41, 5.74) is 2.43. The Morgan fingerprint density at radius 3 is 3.00 bits per heavy atom. The predicted octanol–water partition coefficient (Wildman–Crippen LogP) is 2.03. The van der Waals surface area contributed by atoms with Crippen LogP contribution in [0, 0.1) is 0 Å². The molecule has 0 radical (unpaired) electrons. The Balaban J connectivity index is 2.11. The van der Waals surface area contributed by atoms with Gasteiger partial charge in [0.15, 0.2) is 0 Å². The summed E-state index contributed by atoms with van der Waals surface area (Å²) in [6.07, 6.45) is 2.90. The van der Waals surface area contributed by atoms with Gasteiger partial charge in [0.1, 0.15) is 0 Å². The Bertz CT molecular complexity index is 446. The van der Waals surface area contributed by atoms with Crippen LogP contribution in [0.25, 0.3) is 10.9 Å². The van der Waals surface area contributed by atoms with Crippen LogP contribution in [0.15, 0.2) is 30.5 Å². The van der Waals surface area contributed by atoms with Crippen molar-refractivity contribution in [1.29, 1.82) is 0 Å². The van der Waals surface area contributed by atoms with Crippen molar-refractivity contribution in [2.75, 3.05) is 6.61 Å². The second-order valence-corrected chi connectivity index (χ2v) is 4.02. The van der Waals surface area contributed by atoms with E-state index in [2.05, 4.69) is 41.5 Å². The van der Waals surface area contributed by atoms with Crippen molar-refractivity contribution in [3.63, 3.8) is 0 Å². The molecule has 0 fully saturated rings. The summed E-state index contributed by atoms with van der Waals surface area (Å²) in [4.78, 5) is 3.20. The average Bonchev–Trinajstić information content (AvgIpc) is 2.79. The number of nitrogens with one attached hydrogen (secondary N) is 2. The smallest absolute Gasteiger partial charge is 0.0584 e. The number of aromatic nitrogens is 1. The van der Waals surface area contributed by atoms with Gasteiger partial charge in [-0.05, 0) is 24.1 Å². The highest BCUT2D eigenvalue weighted by molar-refractivity contribution is 5.82. The fourth-order valence-electron chi connectivity index (χ4n) is 1.90. The van der Waals surface area contributed by atoms with Gasteiger partial charge in [0.2, 0.25) is 0 Å². The van der Waals surface area contributed by atoms with Crippen LogP contribution in [0.2, 0.25) is 0 Å². The van der Waals surface area contributed by atoms with Crippen LogP contribution in [0.3, 0.4) is 0 Å². The van der Waals surface area contributed by atoms with Gasteiger partial charge in [-0.2, -0.15) is 0 Å². The molecule has 0 aliphatic rings. The van der Waals surface area contributed by atoms with E-state index in [0.29, 0.717) is 0 Å². The Labute approximate surface area is 95.5 Å². The summed E-state index contributed by atoms with van der Waals surface area (Å²) in [6, 6.07) is 8.52. The summed E-state index contributed by atoms with van der Waals surface area (Å²) in [5, 5.41) is 13.7. The quantitative estimate of drug-likeness (QED) is 0.719. The molecule has 0 aliphatic carbocycles. The molecule has 0 spiro atoms. The molecule has 3 heteroatoms. The second kappa shape index (κ2) is 5.14. The Morgan fingerprint density at radius 1 is 1.38 bits per heavy atom. The number of aliphatic hydroxyl groups is 1. The molecule has 1 aromatic heterocycles. The highest BCUT2D eigenvalue weighted by atomic mass is 16.3. The van der Waals surface area contributed by atoms with Crippen LogP contribution in [0.1, 0.15) is 18.9 Å². The molecule has 0 amide bonds. The van der Waals surface area contributed by atoms with E-state index in [0.717, 1.165) is 18.5 Å². The third-order valence-corrected chi connectivity index (χ3v) is 2.98. The predicted molar refractivity (Wildman–Crippen MR) is 66.3 cm³/mol. The van der Waals surface area contributed by atoms with E-state index in [1.54, 1.807) is 0 Å². The topological polar surface area (TPSA) is 48.0 Å². The first kappa shape index (κ1) is 11.2. The zero-order valence-corrected chi connectivity index (χ0v) is 9.53. The number of aliphatic hydroxyl groups excluding tert-OH is 1. The molecule has 1 aromatic carbocycles. The molecule has 1 atom stereocenters. The number of benzene rings is 1. The number of H-pyrrole nitrogens is 1. The first-order chi connectivity index (χ1) is 7.85. The van der Waals surface area contributed by atoms with Gasteiger partial charge >= 0.3 is 0 Å². The molecular formula is C13H18N2O. The lowest BCUT2D eigenvalue weighted by Gasteiger charge is -2.14. The third kappa shape index (κ3) is 2.26. The molecule has 1 heterocycles. The monoisotopic (exact) mass is 218 g/mol. The summed E-state index contributed by atoms with van der Waals surface area (Å²) in [5.74, 6) is 0. The Morgan fingerprint density at radius 2 is 2.25 bits per heavy atom. The second-order valence-electron chi connectivity index (χ2n) is 4.02. The van der Waals surface area contributed by atoms with E-state index in [9.17, 15) is 0 Å². The zero-order chi connectivity index (χ0) is 11.4. The number of rotatable bonds is 5. The van der Waals surface area contributed by atoms with Crippen molar-refractivity contribution in [2.24, 2.45) is 0 Å². The van der Waals surface area contributed by atoms with Crippen molar-refractivity contribution in [3.05, 3.63) is 36.0 Å². The molecule has 0 bridgehead atoms. The normalized spacial score (nSPS) is 13.1. The van der Waals surface area contributed by atoms with Crippen molar-refractivity contribution in [2.45, 2.75) is 25.9 Å². The number of hydrogen-bond donors (Lipinski definition) is 3. The first-order valence-corrected chi connectivity index (χ1v) is 5.74. The fraction of sp³-hybridized carbons (Fsp3) is 0.385. The molecular weight excluding hydrogens is 200 g/mol. The SMILES string of the molecule is CC[C@@H](CO)NCc1cccc2[nH]ccc12. The lowest BCUT2D eigenvalue weighted by molar-refractivity contribution is 0.238. The number of fused-ring (bicyclic) bond motifs is 1. The third-order valence-electron chi connectivity index (χ3n) is 2.98. The van der Waals surface area contributed by atoms with Crippen LogP contribution in [-0.2, 0) is 6.54 Å². The number of hydrogen-bond acceptors (Lipinski definition) is 2. The van der Waals surface area contributed by atoms with Gasteiger partial charge in [0.25, 0.3) is 0 Å². The number of aromatic amines is 1. The maximum Gasteiger partial charge on any atom is 0.0584 e. The maximum atomic E-state index is 9.11. The molecule has 0 saturated carbocycles. The minimum Gasteiger partial charge on any atom is -0.395 e. The van der Waals surface area contributed by atoms with E-state index in [1.165, 1.54) is 10.9 Å². The molecule has 0 saturated heterocycles. The van der Waals surface area contributed by atoms with E-state index < -0.39 is 0 Å².